The van der Waals surface area contributed by atoms with Gasteiger partial charge in [0.15, 0.2) is 17.3 Å². The molecule has 0 aliphatic rings. The van der Waals surface area contributed by atoms with E-state index in [1.54, 1.807) is 42.5 Å². The Hall–Kier alpha value is -3.61. The van der Waals surface area contributed by atoms with Gasteiger partial charge >= 0.3 is 0 Å². The molecule has 0 radical (unpaired) electrons. The maximum atomic E-state index is 12.6. The van der Waals surface area contributed by atoms with Gasteiger partial charge in [0.2, 0.25) is 0 Å². The van der Waals surface area contributed by atoms with Crippen LogP contribution in [-0.4, -0.2) is 34.7 Å². The molecule has 0 saturated carbocycles. The van der Waals surface area contributed by atoms with E-state index in [1.807, 2.05) is 0 Å². The summed E-state index contributed by atoms with van der Waals surface area (Å²) in [6.07, 6.45) is 5.02. The Labute approximate surface area is 169 Å². The fourth-order valence-electron chi connectivity index (χ4n) is 2.64. The van der Waals surface area contributed by atoms with Gasteiger partial charge in [-0.2, -0.15) is 0 Å². The second-order valence-electron chi connectivity index (χ2n) is 6.37. The zero-order valence-electron chi connectivity index (χ0n) is 16.4. The number of methoxy groups -OCH3 is 1. The Bertz CT molecular complexity index is 974. The molecule has 3 rings (SSSR count). The van der Waals surface area contributed by atoms with Crippen LogP contribution in [0.1, 0.15) is 30.1 Å². The lowest BCUT2D eigenvalue weighted by atomic mass is 10.2. The van der Waals surface area contributed by atoms with Gasteiger partial charge in [-0.1, -0.05) is 25.5 Å². The van der Waals surface area contributed by atoms with Gasteiger partial charge in [0, 0.05) is 11.1 Å². The summed E-state index contributed by atoms with van der Waals surface area (Å²) in [5.74, 6) is 1.39. The summed E-state index contributed by atoms with van der Waals surface area (Å²) in [7, 11) is 1.54. The molecule has 1 aromatic heterocycles. The number of nitrogens with one attached hydrogen (secondary N) is 1. The summed E-state index contributed by atoms with van der Waals surface area (Å²) in [6.45, 7) is 2.69. The molecule has 0 bridgehead atoms. The van der Waals surface area contributed by atoms with E-state index >= 15 is 0 Å². The number of unbranched alkanes of at least 4 members (excludes halogenated alkanes) is 1. The lowest BCUT2D eigenvalue weighted by molar-refractivity contribution is 0.102. The number of aromatic hydroxyl groups is 1. The van der Waals surface area contributed by atoms with Crippen LogP contribution in [0, 0.1) is 0 Å². The molecule has 0 spiro atoms. The Morgan fingerprint density at radius 2 is 1.90 bits per heavy atom. The number of rotatable bonds is 8. The third-order valence-electron chi connectivity index (χ3n) is 4.20. The summed E-state index contributed by atoms with van der Waals surface area (Å²) in [4.78, 5) is 21.0. The zero-order valence-corrected chi connectivity index (χ0v) is 16.4. The fourth-order valence-corrected chi connectivity index (χ4v) is 2.64. The van der Waals surface area contributed by atoms with E-state index < -0.39 is 0 Å². The van der Waals surface area contributed by atoms with Gasteiger partial charge < -0.3 is 19.9 Å². The van der Waals surface area contributed by atoms with E-state index in [1.165, 1.54) is 19.5 Å². The standard InChI is InChI=1S/C22H23N3O4/c1-3-4-10-29-19-9-8-16(12-20(19)28-2)22(27)25-17-13-23-21(24-14-17)15-6-5-7-18(26)11-15/h5-9,11-14,26H,3-4,10H2,1-2H3,(H,25,27). The molecule has 0 aliphatic carbocycles. The molecular weight excluding hydrogens is 370 g/mol. The Kier molecular flexibility index (Phi) is 6.63. The highest BCUT2D eigenvalue weighted by Gasteiger charge is 2.12. The van der Waals surface area contributed by atoms with Gasteiger partial charge in [-0.05, 0) is 36.8 Å². The summed E-state index contributed by atoms with van der Waals surface area (Å²) < 4.78 is 11.0. The highest BCUT2D eigenvalue weighted by atomic mass is 16.5. The Morgan fingerprint density at radius 3 is 2.59 bits per heavy atom. The topological polar surface area (TPSA) is 93.6 Å². The molecule has 2 N–H and O–H groups in total. The monoisotopic (exact) mass is 393 g/mol. The number of carbonyl (C=O) groups is 1. The average Bonchev–Trinajstić information content (AvgIpc) is 2.74. The third-order valence-corrected chi connectivity index (χ3v) is 4.20. The molecule has 2 aromatic carbocycles. The molecule has 1 amide bonds. The summed E-state index contributed by atoms with van der Waals surface area (Å²) in [5, 5.41) is 12.3. The van der Waals surface area contributed by atoms with Gasteiger partial charge in [-0.25, -0.2) is 9.97 Å². The number of hydrogen-bond acceptors (Lipinski definition) is 6. The first kappa shape index (κ1) is 20.1. The molecule has 1 heterocycles. The van der Waals surface area contributed by atoms with Crippen molar-refractivity contribution in [3.63, 3.8) is 0 Å². The van der Waals surface area contributed by atoms with E-state index in [9.17, 15) is 9.90 Å². The van der Waals surface area contributed by atoms with Crippen molar-refractivity contribution < 1.29 is 19.4 Å². The van der Waals surface area contributed by atoms with Crippen molar-refractivity contribution in [1.82, 2.24) is 9.97 Å². The zero-order chi connectivity index (χ0) is 20.6. The SMILES string of the molecule is CCCCOc1ccc(C(=O)Nc2cnc(-c3cccc(O)c3)nc2)cc1OC. The van der Waals surface area contributed by atoms with Gasteiger partial charge in [-0.15, -0.1) is 0 Å². The van der Waals surface area contributed by atoms with E-state index in [-0.39, 0.29) is 11.7 Å². The number of phenolic OH excluding ortho intramolecular Hbond substituents is 1. The minimum absolute atomic E-state index is 0.138. The third kappa shape index (κ3) is 5.22. The molecule has 7 heteroatoms. The van der Waals surface area contributed by atoms with Gasteiger partial charge in [0.05, 0.1) is 31.8 Å². The smallest absolute Gasteiger partial charge is 0.255 e. The highest BCUT2D eigenvalue weighted by Crippen LogP contribution is 2.28. The van der Waals surface area contributed by atoms with Crippen molar-refractivity contribution in [2.24, 2.45) is 0 Å². The normalized spacial score (nSPS) is 10.4. The average molecular weight is 393 g/mol. The molecule has 0 saturated heterocycles. The van der Waals surface area contributed by atoms with Crippen molar-refractivity contribution >= 4 is 11.6 Å². The van der Waals surface area contributed by atoms with Gasteiger partial charge in [0.25, 0.3) is 5.91 Å². The molecule has 0 aliphatic heterocycles. The quantitative estimate of drug-likeness (QED) is 0.555. The van der Waals surface area contributed by atoms with Crippen molar-refractivity contribution in [3.05, 3.63) is 60.4 Å². The van der Waals surface area contributed by atoms with Crippen molar-refractivity contribution in [2.45, 2.75) is 19.8 Å². The number of anilines is 1. The Balaban J connectivity index is 1.69. The molecule has 7 nitrogen and oxygen atoms in total. The lowest BCUT2D eigenvalue weighted by Gasteiger charge is -2.12. The number of ether oxygens (including phenoxy) is 2. The minimum atomic E-state index is -0.308. The Morgan fingerprint density at radius 1 is 1.10 bits per heavy atom. The number of amides is 1. The van der Waals surface area contributed by atoms with E-state index in [4.69, 9.17) is 9.47 Å². The van der Waals surface area contributed by atoms with Crippen LogP contribution in [-0.2, 0) is 0 Å². The van der Waals surface area contributed by atoms with Crippen LogP contribution in [0.3, 0.4) is 0 Å². The number of benzene rings is 2. The summed E-state index contributed by atoms with van der Waals surface area (Å²) >= 11 is 0. The number of carbonyl (C=O) groups excluding carboxylic acids is 1. The first-order chi connectivity index (χ1) is 14.1. The summed E-state index contributed by atoms with van der Waals surface area (Å²) in [6, 6.07) is 11.7. The fraction of sp³-hybridized carbons (Fsp3) is 0.227. The predicted molar refractivity (Wildman–Crippen MR) is 110 cm³/mol. The summed E-state index contributed by atoms with van der Waals surface area (Å²) in [5.41, 5.74) is 1.58. The van der Waals surface area contributed by atoms with E-state index in [0.717, 1.165) is 12.8 Å². The maximum Gasteiger partial charge on any atom is 0.255 e. The number of nitrogens with zero attached hydrogens (tertiary/aromatic N) is 2. The molecule has 0 atom stereocenters. The molecular formula is C22H23N3O4. The number of hydrogen-bond donors (Lipinski definition) is 2. The predicted octanol–water partition coefficient (Wildman–Crippen LogP) is 4.29. The number of aromatic nitrogens is 2. The minimum Gasteiger partial charge on any atom is -0.508 e. The molecule has 29 heavy (non-hydrogen) atoms. The van der Waals surface area contributed by atoms with Crippen LogP contribution in [0.4, 0.5) is 5.69 Å². The van der Waals surface area contributed by atoms with Crippen molar-refractivity contribution in [2.75, 3.05) is 19.0 Å². The van der Waals surface area contributed by atoms with E-state index in [0.29, 0.717) is 40.7 Å². The van der Waals surface area contributed by atoms with Gasteiger partial charge in [-0.3, -0.25) is 4.79 Å². The molecule has 150 valence electrons. The number of phenols is 1. The van der Waals surface area contributed by atoms with Crippen LogP contribution in [0.15, 0.2) is 54.9 Å². The maximum absolute atomic E-state index is 12.6. The van der Waals surface area contributed by atoms with Crippen LogP contribution < -0.4 is 14.8 Å². The lowest BCUT2D eigenvalue weighted by Crippen LogP contribution is -2.13. The first-order valence-electron chi connectivity index (χ1n) is 9.34. The van der Waals surface area contributed by atoms with Gasteiger partial charge in [0.1, 0.15) is 5.75 Å². The molecule has 0 fully saturated rings. The second-order valence-corrected chi connectivity index (χ2v) is 6.37. The molecule has 3 aromatic rings. The van der Waals surface area contributed by atoms with Crippen molar-refractivity contribution in [1.29, 1.82) is 0 Å². The highest BCUT2D eigenvalue weighted by molar-refractivity contribution is 6.04. The van der Waals surface area contributed by atoms with Crippen LogP contribution >= 0.6 is 0 Å². The van der Waals surface area contributed by atoms with Crippen LogP contribution in [0.5, 0.6) is 17.2 Å². The second kappa shape index (κ2) is 9.54. The van der Waals surface area contributed by atoms with Crippen LogP contribution in [0.25, 0.3) is 11.4 Å². The molecule has 0 unspecified atom stereocenters. The van der Waals surface area contributed by atoms with E-state index in [2.05, 4.69) is 22.2 Å². The largest absolute Gasteiger partial charge is 0.508 e. The van der Waals surface area contributed by atoms with Crippen molar-refractivity contribution in [3.8, 4) is 28.6 Å². The first-order valence-corrected chi connectivity index (χ1v) is 9.34. The van der Waals surface area contributed by atoms with Crippen LogP contribution in [0.2, 0.25) is 0 Å².